The van der Waals surface area contributed by atoms with Gasteiger partial charge in [0.15, 0.2) is 0 Å². The van der Waals surface area contributed by atoms with Gasteiger partial charge in [-0.3, -0.25) is 9.59 Å². The van der Waals surface area contributed by atoms with E-state index in [1.807, 2.05) is 19.1 Å². The molecule has 0 spiro atoms. The summed E-state index contributed by atoms with van der Waals surface area (Å²) in [4.78, 5) is 23.5. The molecule has 1 unspecified atom stereocenters. The van der Waals surface area contributed by atoms with Crippen molar-refractivity contribution in [2.45, 2.75) is 51.2 Å². The molecule has 0 bridgehead atoms. The van der Waals surface area contributed by atoms with Gasteiger partial charge in [-0.05, 0) is 37.5 Å². The lowest BCUT2D eigenvalue weighted by Crippen LogP contribution is -2.39. The fourth-order valence-corrected chi connectivity index (χ4v) is 3.09. The summed E-state index contributed by atoms with van der Waals surface area (Å²) in [5.74, 6) is -0.338. The molecule has 1 saturated carbocycles. The Kier molecular flexibility index (Phi) is 6.20. The Labute approximate surface area is 142 Å². The quantitative estimate of drug-likeness (QED) is 0.734. The van der Waals surface area contributed by atoms with Crippen LogP contribution in [0.1, 0.15) is 36.8 Å². The van der Waals surface area contributed by atoms with Crippen LogP contribution in [0.15, 0.2) is 12.1 Å². The van der Waals surface area contributed by atoms with Crippen LogP contribution < -0.4 is 15.2 Å². The Hall–Kier alpha value is -2.08. The Bertz CT molecular complexity index is 582. The molecule has 2 rings (SSSR count). The third-order valence-electron chi connectivity index (χ3n) is 4.43. The molecular weight excluding hydrogens is 310 g/mol. The van der Waals surface area contributed by atoms with Crippen LogP contribution in [0, 0.1) is 6.92 Å². The number of ether oxygens (including phenoxy) is 3. The second-order valence-corrected chi connectivity index (χ2v) is 6.09. The molecule has 0 heterocycles. The third kappa shape index (κ3) is 4.26. The van der Waals surface area contributed by atoms with E-state index in [4.69, 9.17) is 19.9 Å². The Morgan fingerprint density at radius 2 is 1.71 bits per heavy atom. The second-order valence-electron chi connectivity index (χ2n) is 6.09. The molecule has 6 nitrogen and oxygen atoms in total. The van der Waals surface area contributed by atoms with Gasteiger partial charge in [0.25, 0.3) is 5.91 Å². The number of amides is 1. The Balaban J connectivity index is 2.24. The smallest absolute Gasteiger partial charge is 0.287 e. The zero-order valence-corrected chi connectivity index (χ0v) is 14.5. The molecule has 0 aromatic heterocycles. The molecular formula is C18H25NO5. The van der Waals surface area contributed by atoms with E-state index in [0.717, 1.165) is 36.8 Å². The summed E-state index contributed by atoms with van der Waals surface area (Å²) < 4.78 is 16.6. The van der Waals surface area contributed by atoms with Crippen LogP contribution in [-0.2, 0) is 20.7 Å². The molecule has 0 aliphatic heterocycles. The van der Waals surface area contributed by atoms with E-state index >= 15 is 0 Å². The summed E-state index contributed by atoms with van der Waals surface area (Å²) in [5, 5.41) is 0. The first kappa shape index (κ1) is 18.3. The van der Waals surface area contributed by atoms with Crippen molar-refractivity contribution in [2.24, 2.45) is 5.73 Å². The van der Waals surface area contributed by atoms with Crippen LogP contribution in [0.4, 0.5) is 0 Å². The minimum atomic E-state index is -0.968. The van der Waals surface area contributed by atoms with Gasteiger partial charge in [-0.15, -0.1) is 0 Å². The normalized spacial score (nSPS) is 16.0. The molecule has 1 amide bonds. The van der Waals surface area contributed by atoms with Gasteiger partial charge < -0.3 is 19.9 Å². The van der Waals surface area contributed by atoms with Crippen LogP contribution in [-0.4, -0.2) is 38.1 Å². The molecule has 1 fully saturated rings. The lowest BCUT2D eigenvalue weighted by Gasteiger charge is -2.21. The minimum Gasteiger partial charge on any atom is -0.496 e. The van der Waals surface area contributed by atoms with Gasteiger partial charge in [0, 0.05) is 12.0 Å². The summed E-state index contributed by atoms with van der Waals surface area (Å²) in [5.41, 5.74) is 6.85. The van der Waals surface area contributed by atoms with Crippen molar-refractivity contribution in [1.82, 2.24) is 0 Å². The summed E-state index contributed by atoms with van der Waals surface area (Å²) >= 11 is 0. The lowest BCUT2D eigenvalue weighted by atomic mass is 10.0. The molecule has 1 atom stereocenters. The molecule has 1 aromatic rings. The van der Waals surface area contributed by atoms with Gasteiger partial charge in [0.05, 0.1) is 20.3 Å². The maximum atomic E-state index is 12.1. The predicted molar refractivity (Wildman–Crippen MR) is 89.3 cm³/mol. The molecule has 1 aromatic carbocycles. The van der Waals surface area contributed by atoms with Crippen molar-refractivity contribution in [1.29, 1.82) is 0 Å². The second kappa shape index (κ2) is 8.15. The fourth-order valence-electron chi connectivity index (χ4n) is 3.09. The van der Waals surface area contributed by atoms with Crippen LogP contribution in [0.5, 0.6) is 11.5 Å². The standard InChI is InChI=1S/C18H25NO5/c1-11-14(22-2)8-12(9-15(11)23-3)10-16(17(20)18(19)21)24-13-6-4-5-7-13/h8-9,13,16H,4-7,10H2,1-3H3,(H2,19,21). The highest BCUT2D eigenvalue weighted by Crippen LogP contribution is 2.31. The van der Waals surface area contributed by atoms with Gasteiger partial charge in [-0.1, -0.05) is 12.8 Å². The maximum absolute atomic E-state index is 12.1. The summed E-state index contributed by atoms with van der Waals surface area (Å²) in [6.45, 7) is 1.89. The lowest BCUT2D eigenvalue weighted by molar-refractivity contribution is -0.145. The highest BCUT2D eigenvalue weighted by Gasteiger charge is 2.29. The first-order valence-corrected chi connectivity index (χ1v) is 8.16. The number of primary amides is 1. The van der Waals surface area contributed by atoms with Crippen LogP contribution in [0.3, 0.4) is 0 Å². The minimum absolute atomic E-state index is 0.00698. The Morgan fingerprint density at radius 1 is 1.17 bits per heavy atom. The fraction of sp³-hybridized carbons (Fsp3) is 0.556. The molecule has 132 valence electrons. The van der Waals surface area contributed by atoms with Gasteiger partial charge in [0.2, 0.25) is 5.78 Å². The van der Waals surface area contributed by atoms with Crippen LogP contribution in [0.25, 0.3) is 0 Å². The van der Waals surface area contributed by atoms with Gasteiger partial charge >= 0.3 is 0 Å². The van der Waals surface area contributed by atoms with E-state index in [1.165, 1.54) is 0 Å². The molecule has 24 heavy (non-hydrogen) atoms. The number of rotatable bonds is 8. The topological polar surface area (TPSA) is 87.9 Å². The monoisotopic (exact) mass is 335 g/mol. The van der Waals surface area contributed by atoms with Crippen LogP contribution >= 0.6 is 0 Å². The molecule has 2 N–H and O–H groups in total. The zero-order chi connectivity index (χ0) is 17.7. The first-order valence-electron chi connectivity index (χ1n) is 8.16. The Morgan fingerprint density at radius 3 is 2.17 bits per heavy atom. The number of Topliss-reactive ketones (excluding diaryl/α,β-unsaturated/α-hetero) is 1. The average molecular weight is 335 g/mol. The van der Waals surface area contributed by atoms with Gasteiger partial charge in [-0.2, -0.15) is 0 Å². The number of methoxy groups -OCH3 is 2. The third-order valence-corrected chi connectivity index (χ3v) is 4.43. The number of nitrogens with two attached hydrogens (primary N) is 1. The van der Waals surface area contributed by atoms with E-state index in [2.05, 4.69) is 0 Å². The molecule has 1 aliphatic rings. The highest BCUT2D eigenvalue weighted by molar-refractivity contribution is 6.37. The van der Waals surface area contributed by atoms with E-state index in [9.17, 15) is 9.59 Å². The number of benzene rings is 1. The number of carbonyl (C=O) groups excluding carboxylic acids is 2. The molecule has 0 saturated heterocycles. The van der Waals surface area contributed by atoms with Crippen molar-refractivity contribution < 1.29 is 23.8 Å². The molecule has 0 radical (unpaired) electrons. The van der Waals surface area contributed by atoms with Crippen molar-refractivity contribution in [3.8, 4) is 11.5 Å². The summed E-state index contributed by atoms with van der Waals surface area (Å²) in [7, 11) is 3.15. The average Bonchev–Trinajstić information content (AvgIpc) is 3.07. The van der Waals surface area contributed by atoms with E-state index in [-0.39, 0.29) is 12.5 Å². The van der Waals surface area contributed by atoms with Gasteiger partial charge in [-0.25, -0.2) is 0 Å². The largest absolute Gasteiger partial charge is 0.496 e. The number of carbonyl (C=O) groups is 2. The number of hydrogen-bond acceptors (Lipinski definition) is 5. The van der Waals surface area contributed by atoms with Crippen LogP contribution in [0.2, 0.25) is 0 Å². The maximum Gasteiger partial charge on any atom is 0.287 e. The van der Waals surface area contributed by atoms with Crippen molar-refractivity contribution in [3.05, 3.63) is 23.3 Å². The SMILES string of the molecule is COc1cc(CC(OC2CCCC2)C(=O)C(N)=O)cc(OC)c1C. The van der Waals surface area contributed by atoms with Crippen molar-refractivity contribution >= 4 is 11.7 Å². The van der Waals surface area contributed by atoms with Gasteiger partial charge in [0.1, 0.15) is 17.6 Å². The summed E-state index contributed by atoms with van der Waals surface area (Å²) in [6.07, 6.45) is 3.36. The zero-order valence-electron chi connectivity index (χ0n) is 14.5. The number of ketones is 1. The molecule has 6 heteroatoms. The van der Waals surface area contributed by atoms with Crippen molar-refractivity contribution in [3.63, 3.8) is 0 Å². The molecule has 1 aliphatic carbocycles. The van der Waals surface area contributed by atoms with Crippen molar-refractivity contribution in [2.75, 3.05) is 14.2 Å². The van der Waals surface area contributed by atoms with E-state index in [1.54, 1.807) is 14.2 Å². The summed E-state index contributed by atoms with van der Waals surface area (Å²) in [6, 6.07) is 3.66. The van der Waals surface area contributed by atoms with E-state index < -0.39 is 17.8 Å². The van der Waals surface area contributed by atoms with E-state index in [0.29, 0.717) is 11.5 Å². The number of hydrogen-bond donors (Lipinski definition) is 1. The highest BCUT2D eigenvalue weighted by atomic mass is 16.5. The predicted octanol–water partition coefficient (Wildman–Crippen LogP) is 1.94. The first-order chi connectivity index (χ1) is 11.5.